The Balaban J connectivity index is 0.00000196. The van der Waals surface area contributed by atoms with E-state index >= 15 is 0 Å². The lowest BCUT2D eigenvalue weighted by molar-refractivity contribution is -0.0712. The first-order valence-electron chi connectivity index (χ1n) is 3.97. The van der Waals surface area contributed by atoms with Crippen molar-refractivity contribution in [3.05, 3.63) is 35.6 Å². The van der Waals surface area contributed by atoms with Crippen LogP contribution in [0.3, 0.4) is 0 Å². The fourth-order valence-electron chi connectivity index (χ4n) is 1.04. The third kappa shape index (κ3) is 3.37. The summed E-state index contributed by atoms with van der Waals surface area (Å²) in [6, 6.07) is 2.94. The molecule has 1 rings (SSSR count). The summed E-state index contributed by atoms with van der Waals surface area (Å²) in [5.41, 5.74) is 5.14. The highest BCUT2D eigenvalue weighted by Gasteiger charge is 2.37. The Labute approximate surface area is 91.3 Å². The molecule has 15 heavy (non-hydrogen) atoms. The van der Waals surface area contributed by atoms with Crippen molar-refractivity contribution < 1.29 is 18.3 Å². The first kappa shape index (κ1) is 14.2. The molecule has 0 saturated heterocycles. The van der Waals surface area contributed by atoms with E-state index in [1.54, 1.807) is 0 Å². The van der Waals surface area contributed by atoms with Crippen molar-refractivity contribution in [1.29, 1.82) is 0 Å². The van der Waals surface area contributed by atoms with Gasteiger partial charge in [-0.3, -0.25) is 0 Å². The normalized spacial score (nSPS) is 13.1. The Morgan fingerprint density at radius 3 is 2.47 bits per heavy atom. The van der Waals surface area contributed by atoms with Crippen molar-refractivity contribution in [2.45, 2.75) is 12.0 Å². The van der Waals surface area contributed by atoms with Gasteiger partial charge in [0.25, 0.3) is 5.92 Å². The minimum atomic E-state index is -3.44. The molecule has 0 saturated carbocycles. The maximum atomic E-state index is 12.9. The largest absolute Gasteiger partial charge is 0.390 e. The Morgan fingerprint density at radius 2 is 2.00 bits per heavy atom. The quantitative estimate of drug-likeness (QED) is 0.849. The molecule has 0 spiro atoms. The monoisotopic (exact) mass is 241 g/mol. The lowest BCUT2D eigenvalue weighted by Crippen LogP contribution is -2.36. The maximum Gasteiger partial charge on any atom is 0.289 e. The first-order chi connectivity index (χ1) is 6.47. The van der Waals surface area contributed by atoms with Crippen molar-refractivity contribution in [3.63, 3.8) is 0 Å². The molecular formula is C9H11ClF3NO. The van der Waals surface area contributed by atoms with Crippen LogP contribution in [0.15, 0.2) is 24.3 Å². The maximum absolute atomic E-state index is 12.9. The topological polar surface area (TPSA) is 46.2 Å². The summed E-state index contributed by atoms with van der Waals surface area (Å²) < 4.78 is 38.4. The Bertz CT molecular complexity index is 322. The Hall–Kier alpha value is -0.780. The van der Waals surface area contributed by atoms with Gasteiger partial charge in [0.2, 0.25) is 0 Å². The van der Waals surface area contributed by atoms with Crippen molar-refractivity contribution in [2.24, 2.45) is 5.73 Å². The standard InChI is InChI=1S/C9H10F3NO.ClH/c10-7-3-1-2-6(4-7)8(13)9(11,12)5-14;/h1-4,8,14H,5,13H2;1H/t8-;/m1./s1. The van der Waals surface area contributed by atoms with Crippen molar-refractivity contribution in [2.75, 3.05) is 6.61 Å². The van der Waals surface area contributed by atoms with E-state index in [1.165, 1.54) is 12.1 Å². The molecule has 0 unspecified atom stereocenters. The highest BCUT2D eigenvalue weighted by molar-refractivity contribution is 5.85. The fourth-order valence-corrected chi connectivity index (χ4v) is 1.04. The second-order valence-corrected chi connectivity index (χ2v) is 2.95. The number of halogens is 4. The van der Waals surface area contributed by atoms with Crippen LogP contribution in [0.2, 0.25) is 0 Å². The van der Waals surface area contributed by atoms with Crippen LogP contribution >= 0.6 is 12.4 Å². The van der Waals surface area contributed by atoms with E-state index in [9.17, 15) is 13.2 Å². The van der Waals surface area contributed by atoms with E-state index in [1.807, 2.05) is 0 Å². The molecule has 0 heterocycles. The van der Waals surface area contributed by atoms with Crippen LogP contribution in [0.5, 0.6) is 0 Å². The molecule has 0 bridgehead atoms. The van der Waals surface area contributed by atoms with Crippen LogP contribution in [0.25, 0.3) is 0 Å². The molecule has 0 aliphatic carbocycles. The van der Waals surface area contributed by atoms with Gasteiger partial charge in [-0.25, -0.2) is 13.2 Å². The van der Waals surface area contributed by atoms with Crippen LogP contribution in [0, 0.1) is 5.82 Å². The second kappa shape index (κ2) is 5.34. The SMILES string of the molecule is Cl.N[C@H](c1cccc(F)c1)C(F)(F)CO. The molecule has 6 heteroatoms. The van der Waals surface area contributed by atoms with Crippen LogP contribution in [-0.2, 0) is 0 Å². The van der Waals surface area contributed by atoms with Gasteiger partial charge >= 0.3 is 0 Å². The number of nitrogens with two attached hydrogens (primary N) is 1. The minimum Gasteiger partial charge on any atom is -0.390 e. The van der Waals surface area contributed by atoms with Crippen LogP contribution < -0.4 is 5.73 Å². The average molecular weight is 242 g/mol. The van der Waals surface area contributed by atoms with Crippen molar-refractivity contribution >= 4 is 12.4 Å². The summed E-state index contributed by atoms with van der Waals surface area (Å²) in [4.78, 5) is 0. The van der Waals surface area contributed by atoms with Crippen molar-refractivity contribution in [3.8, 4) is 0 Å². The zero-order valence-electron chi connectivity index (χ0n) is 7.66. The van der Waals surface area contributed by atoms with Gasteiger partial charge in [0.15, 0.2) is 0 Å². The summed E-state index contributed by atoms with van der Waals surface area (Å²) in [6.45, 7) is -1.36. The zero-order valence-corrected chi connectivity index (χ0v) is 8.48. The van der Waals surface area contributed by atoms with Gasteiger partial charge in [-0.15, -0.1) is 12.4 Å². The molecule has 2 nitrogen and oxygen atoms in total. The zero-order chi connectivity index (χ0) is 10.8. The van der Waals surface area contributed by atoms with E-state index in [2.05, 4.69) is 0 Å². The lowest BCUT2D eigenvalue weighted by atomic mass is 10.0. The van der Waals surface area contributed by atoms with Gasteiger partial charge in [0.05, 0.1) is 6.04 Å². The molecule has 0 radical (unpaired) electrons. The first-order valence-corrected chi connectivity index (χ1v) is 3.97. The Morgan fingerprint density at radius 1 is 1.40 bits per heavy atom. The fraction of sp³-hybridized carbons (Fsp3) is 0.333. The third-order valence-corrected chi connectivity index (χ3v) is 1.87. The number of benzene rings is 1. The molecule has 1 aromatic rings. The molecular weight excluding hydrogens is 231 g/mol. The van der Waals surface area contributed by atoms with E-state index < -0.39 is 24.4 Å². The smallest absolute Gasteiger partial charge is 0.289 e. The van der Waals surface area contributed by atoms with Crippen molar-refractivity contribution in [1.82, 2.24) is 0 Å². The minimum absolute atomic E-state index is 0. The number of hydrogen-bond donors (Lipinski definition) is 2. The highest BCUT2D eigenvalue weighted by atomic mass is 35.5. The van der Waals surface area contributed by atoms with E-state index in [4.69, 9.17) is 10.8 Å². The highest BCUT2D eigenvalue weighted by Crippen LogP contribution is 2.28. The van der Waals surface area contributed by atoms with Gasteiger partial charge in [0.1, 0.15) is 12.4 Å². The predicted molar refractivity (Wildman–Crippen MR) is 52.6 cm³/mol. The molecule has 86 valence electrons. The van der Waals surface area contributed by atoms with Gasteiger partial charge < -0.3 is 10.8 Å². The van der Waals surface area contributed by atoms with Crippen LogP contribution in [-0.4, -0.2) is 17.6 Å². The number of aliphatic hydroxyl groups is 1. The van der Waals surface area contributed by atoms with Crippen LogP contribution in [0.4, 0.5) is 13.2 Å². The van der Waals surface area contributed by atoms with Gasteiger partial charge in [-0.1, -0.05) is 12.1 Å². The van der Waals surface area contributed by atoms with E-state index in [-0.39, 0.29) is 18.0 Å². The molecule has 0 fully saturated rings. The summed E-state index contributed by atoms with van der Waals surface area (Å²) in [6.07, 6.45) is 0. The number of hydrogen-bond acceptors (Lipinski definition) is 2. The molecule has 3 N–H and O–H groups in total. The second-order valence-electron chi connectivity index (χ2n) is 2.95. The van der Waals surface area contributed by atoms with E-state index in [0.717, 1.165) is 12.1 Å². The van der Waals surface area contributed by atoms with Crippen LogP contribution in [0.1, 0.15) is 11.6 Å². The predicted octanol–water partition coefficient (Wildman–Crippen LogP) is 1.87. The lowest BCUT2D eigenvalue weighted by Gasteiger charge is -2.21. The molecule has 0 aliphatic heterocycles. The number of aliphatic hydroxyl groups excluding tert-OH is 1. The van der Waals surface area contributed by atoms with E-state index in [0.29, 0.717) is 0 Å². The molecule has 0 aromatic heterocycles. The number of rotatable bonds is 3. The summed E-state index contributed by atoms with van der Waals surface area (Å²) in [7, 11) is 0. The average Bonchev–Trinajstić information content (AvgIpc) is 2.16. The summed E-state index contributed by atoms with van der Waals surface area (Å²) >= 11 is 0. The summed E-state index contributed by atoms with van der Waals surface area (Å²) in [5.74, 6) is -4.07. The molecule has 1 aromatic carbocycles. The van der Waals surface area contributed by atoms with Gasteiger partial charge in [0, 0.05) is 0 Å². The molecule has 1 atom stereocenters. The number of alkyl halides is 2. The summed E-state index contributed by atoms with van der Waals surface area (Å²) in [5, 5.41) is 8.37. The Kier molecular flexibility index (Phi) is 5.07. The molecule has 0 aliphatic rings. The van der Waals surface area contributed by atoms with Gasteiger partial charge in [-0.05, 0) is 17.7 Å². The molecule has 0 amide bonds. The van der Waals surface area contributed by atoms with Gasteiger partial charge in [-0.2, -0.15) is 0 Å². The third-order valence-electron chi connectivity index (χ3n) is 1.87.